The van der Waals surface area contributed by atoms with Crippen molar-refractivity contribution < 1.29 is 14.6 Å². The molecule has 4 nitrogen and oxygen atoms in total. The van der Waals surface area contributed by atoms with Crippen molar-refractivity contribution in [2.75, 3.05) is 20.3 Å². The molecular formula is C27H47NO3. The second-order valence-electron chi connectivity index (χ2n) is 12.1. The lowest BCUT2D eigenvalue weighted by atomic mass is 9.44. The third-order valence-corrected chi connectivity index (χ3v) is 11.0. The summed E-state index contributed by atoms with van der Waals surface area (Å²) in [5.74, 6) is 4.91. The van der Waals surface area contributed by atoms with Crippen LogP contribution in [0, 0.1) is 46.3 Å². The summed E-state index contributed by atoms with van der Waals surface area (Å²) in [6, 6.07) is 0.613. The number of carbonyl (C=O) groups excluding carboxylic acids is 1. The lowest BCUT2D eigenvalue weighted by Crippen LogP contribution is -2.55. The third kappa shape index (κ3) is 4.21. The second kappa shape index (κ2) is 9.33. The lowest BCUT2D eigenvalue weighted by Gasteiger charge is -2.61. The molecule has 4 rings (SSSR count). The molecule has 4 aliphatic rings. The molecule has 9 unspecified atom stereocenters. The number of aliphatic hydroxyl groups excluding tert-OH is 1. The Labute approximate surface area is 190 Å². The van der Waals surface area contributed by atoms with Gasteiger partial charge in [-0.2, -0.15) is 0 Å². The highest BCUT2D eigenvalue weighted by Crippen LogP contribution is 2.68. The molecule has 0 aromatic heterocycles. The smallest absolute Gasteiger partial charge is 0.305 e. The molecule has 9 atom stereocenters. The fourth-order valence-electron chi connectivity index (χ4n) is 9.34. The van der Waals surface area contributed by atoms with E-state index in [2.05, 4.69) is 26.1 Å². The number of hydrogen-bond acceptors (Lipinski definition) is 4. The van der Waals surface area contributed by atoms with Gasteiger partial charge in [0.2, 0.25) is 0 Å². The first-order valence-electron chi connectivity index (χ1n) is 13.2. The van der Waals surface area contributed by atoms with Gasteiger partial charge in [0.15, 0.2) is 0 Å². The molecule has 4 fully saturated rings. The van der Waals surface area contributed by atoms with Crippen LogP contribution >= 0.6 is 0 Å². The standard InChI is InChI=1S/C27H47NO3/c1-18(5-10-25(30)31-4)22-8-9-23-21-7-6-19-17-20(28-15-16-29)11-13-26(19,2)24(21)12-14-27(22,23)3/h18-24,28-29H,5-17H2,1-4H3. The summed E-state index contributed by atoms with van der Waals surface area (Å²) in [5.41, 5.74) is 0.996. The highest BCUT2D eigenvalue weighted by Gasteiger charge is 2.60. The van der Waals surface area contributed by atoms with E-state index in [1.54, 1.807) is 0 Å². The van der Waals surface area contributed by atoms with Gasteiger partial charge in [-0.15, -0.1) is 0 Å². The largest absolute Gasteiger partial charge is 0.469 e. The normalized spacial score (nSPS) is 45.3. The summed E-state index contributed by atoms with van der Waals surface area (Å²) in [5, 5.41) is 12.8. The average molecular weight is 434 g/mol. The number of rotatable bonds is 7. The molecule has 4 heteroatoms. The van der Waals surface area contributed by atoms with E-state index in [0.717, 1.165) is 42.6 Å². The molecule has 0 bridgehead atoms. The van der Waals surface area contributed by atoms with Crippen LogP contribution in [0.4, 0.5) is 0 Å². The Kier molecular flexibility index (Phi) is 7.09. The van der Waals surface area contributed by atoms with Crippen molar-refractivity contribution in [1.82, 2.24) is 5.32 Å². The van der Waals surface area contributed by atoms with E-state index in [1.807, 2.05) is 0 Å². The number of carbonyl (C=O) groups is 1. The molecule has 0 aliphatic heterocycles. The van der Waals surface area contributed by atoms with Gasteiger partial charge in [-0.3, -0.25) is 4.79 Å². The van der Waals surface area contributed by atoms with Crippen molar-refractivity contribution in [3.8, 4) is 0 Å². The first-order valence-corrected chi connectivity index (χ1v) is 13.2. The number of ether oxygens (including phenoxy) is 1. The Morgan fingerprint density at radius 3 is 2.55 bits per heavy atom. The quantitative estimate of drug-likeness (QED) is 0.543. The van der Waals surface area contributed by atoms with Crippen molar-refractivity contribution in [3.05, 3.63) is 0 Å². The summed E-state index contributed by atoms with van der Waals surface area (Å²) >= 11 is 0. The molecule has 31 heavy (non-hydrogen) atoms. The van der Waals surface area contributed by atoms with E-state index in [9.17, 15) is 9.90 Å². The fourth-order valence-corrected chi connectivity index (χ4v) is 9.34. The SMILES string of the molecule is COC(=O)CCC(C)C1CCC2C3CCC4CC(NCCO)CCC4(C)C3CCC12C. The van der Waals surface area contributed by atoms with Crippen molar-refractivity contribution in [2.45, 2.75) is 97.4 Å². The average Bonchev–Trinajstić information content (AvgIpc) is 3.13. The van der Waals surface area contributed by atoms with Crippen LogP contribution in [-0.4, -0.2) is 37.4 Å². The number of hydrogen-bond donors (Lipinski definition) is 2. The summed E-state index contributed by atoms with van der Waals surface area (Å²) in [6.07, 6.45) is 13.9. The van der Waals surface area contributed by atoms with Crippen LogP contribution in [0.5, 0.6) is 0 Å². The van der Waals surface area contributed by atoms with E-state index < -0.39 is 0 Å². The molecular weight excluding hydrogens is 386 g/mol. The van der Waals surface area contributed by atoms with E-state index in [-0.39, 0.29) is 12.6 Å². The zero-order valence-electron chi connectivity index (χ0n) is 20.5. The number of esters is 1. The summed E-state index contributed by atoms with van der Waals surface area (Å²) in [4.78, 5) is 11.7. The summed E-state index contributed by atoms with van der Waals surface area (Å²) < 4.78 is 4.90. The maximum absolute atomic E-state index is 11.7. The van der Waals surface area contributed by atoms with Gasteiger partial charge in [-0.25, -0.2) is 0 Å². The van der Waals surface area contributed by atoms with Crippen LogP contribution in [0.1, 0.15) is 91.4 Å². The second-order valence-corrected chi connectivity index (χ2v) is 12.1. The van der Waals surface area contributed by atoms with E-state index in [0.29, 0.717) is 29.2 Å². The summed E-state index contributed by atoms with van der Waals surface area (Å²) in [6.45, 7) is 8.65. The van der Waals surface area contributed by atoms with Crippen LogP contribution in [0.15, 0.2) is 0 Å². The van der Waals surface area contributed by atoms with Gasteiger partial charge in [0.1, 0.15) is 0 Å². The Hall–Kier alpha value is -0.610. The predicted molar refractivity (Wildman–Crippen MR) is 125 cm³/mol. The number of aliphatic hydroxyl groups is 1. The molecule has 0 aromatic carbocycles. The number of methoxy groups -OCH3 is 1. The topological polar surface area (TPSA) is 58.6 Å². The van der Waals surface area contributed by atoms with Crippen molar-refractivity contribution in [1.29, 1.82) is 0 Å². The molecule has 0 saturated heterocycles. The third-order valence-electron chi connectivity index (χ3n) is 11.0. The zero-order valence-corrected chi connectivity index (χ0v) is 20.5. The molecule has 0 radical (unpaired) electrons. The molecule has 0 amide bonds. The molecule has 4 saturated carbocycles. The highest BCUT2D eigenvalue weighted by molar-refractivity contribution is 5.69. The van der Waals surface area contributed by atoms with Gasteiger partial charge in [0.05, 0.1) is 13.7 Å². The first kappa shape index (κ1) is 23.5. The molecule has 178 valence electrons. The fraction of sp³-hybridized carbons (Fsp3) is 0.963. The Bertz CT molecular complexity index is 638. The van der Waals surface area contributed by atoms with Gasteiger partial charge >= 0.3 is 5.97 Å². The molecule has 4 aliphatic carbocycles. The highest BCUT2D eigenvalue weighted by atomic mass is 16.5. The molecule has 0 heterocycles. The Morgan fingerprint density at radius 1 is 1.06 bits per heavy atom. The zero-order chi connectivity index (χ0) is 22.2. The van der Waals surface area contributed by atoms with Gasteiger partial charge in [-0.1, -0.05) is 20.8 Å². The minimum absolute atomic E-state index is 0.0504. The van der Waals surface area contributed by atoms with Crippen LogP contribution in [0.3, 0.4) is 0 Å². The van der Waals surface area contributed by atoms with Gasteiger partial charge < -0.3 is 15.2 Å². The van der Waals surface area contributed by atoms with Gasteiger partial charge in [0, 0.05) is 19.0 Å². The first-order chi connectivity index (χ1) is 14.8. The van der Waals surface area contributed by atoms with E-state index in [4.69, 9.17) is 4.74 Å². The van der Waals surface area contributed by atoms with Crippen LogP contribution in [-0.2, 0) is 9.53 Å². The van der Waals surface area contributed by atoms with Gasteiger partial charge in [-0.05, 0) is 111 Å². The number of fused-ring (bicyclic) bond motifs is 5. The van der Waals surface area contributed by atoms with Crippen LogP contribution in [0.2, 0.25) is 0 Å². The minimum Gasteiger partial charge on any atom is -0.469 e. The maximum Gasteiger partial charge on any atom is 0.305 e. The summed E-state index contributed by atoms with van der Waals surface area (Å²) in [7, 11) is 1.51. The number of nitrogens with one attached hydrogen (secondary N) is 1. The molecule has 2 N–H and O–H groups in total. The van der Waals surface area contributed by atoms with E-state index >= 15 is 0 Å². The molecule has 0 aromatic rings. The minimum atomic E-state index is -0.0504. The maximum atomic E-state index is 11.7. The monoisotopic (exact) mass is 433 g/mol. The molecule has 0 spiro atoms. The Morgan fingerprint density at radius 2 is 1.81 bits per heavy atom. The lowest BCUT2D eigenvalue weighted by molar-refractivity contribution is -0.141. The van der Waals surface area contributed by atoms with Gasteiger partial charge in [0.25, 0.3) is 0 Å². The Balaban J connectivity index is 1.43. The van der Waals surface area contributed by atoms with Crippen LogP contribution in [0.25, 0.3) is 0 Å². The van der Waals surface area contributed by atoms with Crippen molar-refractivity contribution in [3.63, 3.8) is 0 Å². The van der Waals surface area contributed by atoms with E-state index in [1.165, 1.54) is 64.9 Å². The predicted octanol–water partition coefficient (Wildman–Crippen LogP) is 5.19. The van der Waals surface area contributed by atoms with Crippen LogP contribution < -0.4 is 5.32 Å². The van der Waals surface area contributed by atoms with Crippen molar-refractivity contribution in [2.24, 2.45) is 46.3 Å². The van der Waals surface area contributed by atoms with Crippen molar-refractivity contribution >= 4 is 5.97 Å².